The van der Waals surface area contributed by atoms with Crippen LogP contribution in [0.5, 0.6) is 0 Å². The molecule has 0 spiro atoms. The Labute approximate surface area is 49.7 Å². The van der Waals surface area contributed by atoms with E-state index in [4.69, 9.17) is 0 Å². The lowest BCUT2D eigenvalue weighted by molar-refractivity contribution is 0.222. The minimum Gasteiger partial charge on any atom is -0.338 e. The van der Waals surface area contributed by atoms with Crippen molar-refractivity contribution < 1.29 is 4.79 Å². The summed E-state index contributed by atoms with van der Waals surface area (Å²) in [6, 6.07) is -0.146. The third-order valence-corrected chi connectivity index (χ3v) is 0.675. The zero-order valence-electron chi connectivity index (χ0n) is 5.27. The van der Waals surface area contributed by atoms with Crippen LogP contribution in [0.3, 0.4) is 0 Å². The van der Waals surface area contributed by atoms with Crippen molar-refractivity contribution in [2.75, 3.05) is 13.6 Å². The van der Waals surface area contributed by atoms with Crippen molar-refractivity contribution >= 4 is 6.03 Å². The second-order valence-corrected chi connectivity index (χ2v) is 1.53. The Balaban J connectivity index is 3.33. The van der Waals surface area contributed by atoms with Gasteiger partial charge >= 0.3 is 6.03 Å². The molecule has 47 valence electrons. The summed E-state index contributed by atoms with van der Waals surface area (Å²) in [7, 11) is 4.98. The summed E-state index contributed by atoms with van der Waals surface area (Å²) in [6.45, 7) is 2.51. The van der Waals surface area contributed by atoms with Gasteiger partial charge in [-0.3, -0.25) is 0 Å². The molecule has 0 heterocycles. The van der Waals surface area contributed by atoms with Crippen molar-refractivity contribution in [2.45, 2.75) is 6.92 Å². The number of carbonyl (C=O) groups excluding carboxylic acids is 1. The van der Waals surface area contributed by atoms with E-state index in [9.17, 15) is 4.79 Å². The van der Waals surface area contributed by atoms with E-state index in [1.54, 1.807) is 7.05 Å². The minimum atomic E-state index is -0.146. The first-order valence-corrected chi connectivity index (χ1v) is 2.50. The van der Waals surface area contributed by atoms with Crippen LogP contribution >= 0.6 is 0 Å². The molecule has 0 aliphatic carbocycles. The first-order chi connectivity index (χ1) is 3.68. The molecule has 0 fully saturated rings. The molecule has 0 saturated heterocycles. The zero-order chi connectivity index (χ0) is 6.57. The van der Waals surface area contributed by atoms with Gasteiger partial charge < -0.3 is 10.2 Å². The second-order valence-electron chi connectivity index (χ2n) is 1.53. The highest BCUT2D eigenvalue weighted by molar-refractivity contribution is 5.73. The Bertz CT molecular complexity index is 80.5. The highest BCUT2D eigenvalue weighted by Crippen LogP contribution is 1.75. The van der Waals surface area contributed by atoms with Gasteiger partial charge in [-0.15, -0.1) is 0 Å². The van der Waals surface area contributed by atoms with Gasteiger partial charge in [0.1, 0.15) is 0 Å². The van der Waals surface area contributed by atoms with Crippen LogP contribution in [0.15, 0.2) is 0 Å². The molecule has 0 atom stereocenters. The number of hydrogen-bond acceptors (Lipinski definition) is 1. The summed E-state index contributed by atoms with van der Waals surface area (Å²) in [5, 5.41) is 2.57. The average Bonchev–Trinajstić information content (AvgIpc) is 1.67. The van der Waals surface area contributed by atoms with Crippen molar-refractivity contribution in [1.29, 1.82) is 0 Å². The van der Waals surface area contributed by atoms with Crippen LogP contribution in [0.4, 0.5) is 4.79 Å². The van der Waals surface area contributed by atoms with Crippen LogP contribution in [0.25, 0.3) is 0 Å². The van der Waals surface area contributed by atoms with E-state index in [2.05, 4.69) is 12.4 Å². The molecule has 0 rings (SSSR count). The summed E-state index contributed by atoms with van der Waals surface area (Å²) < 4.78 is 0. The van der Waals surface area contributed by atoms with E-state index in [-0.39, 0.29) is 6.03 Å². The van der Waals surface area contributed by atoms with Crippen LogP contribution in [-0.4, -0.2) is 24.5 Å². The number of amides is 2. The zero-order valence-corrected chi connectivity index (χ0v) is 5.27. The monoisotopic (exact) mass is 115 g/mol. The number of urea groups is 1. The molecule has 0 aliphatic rings. The Morgan fingerprint density at radius 1 is 1.88 bits per heavy atom. The fraction of sp³-hybridized carbons (Fsp3) is 0.600. The fourth-order valence-corrected chi connectivity index (χ4v) is 0.286. The predicted molar refractivity (Wildman–Crippen MR) is 32.2 cm³/mol. The number of hydrogen-bond donors (Lipinski definition) is 1. The van der Waals surface area contributed by atoms with Gasteiger partial charge in [-0.25, -0.2) is 4.79 Å². The summed E-state index contributed by atoms with van der Waals surface area (Å²) >= 11 is 0. The molecule has 0 aromatic rings. The van der Waals surface area contributed by atoms with Crippen LogP contribution < -0.4 is 5.32 Å². The molecular formula is C5H11N2O. The first kappa shape index (κ1) is 7.27. The molecular weight excluding hydrogens is 104 g/mol. The highest BCUT2D eigenvalue weighted by atomic mass is 16.2. The summed E-state index contributed by atoms with van der Waals surface area (Å²) in [5.74, 6) is 0. The van der Waals surface area contributed by atoms with E-state index in [0.717, 1.165) is 0 Å². The van der Waals surface area contributed by atoms with Gasteiger partial charge in [0.15, 0.2) is 0 Å². The second kappa shape index (κ2) is 3.29. The lowest BCUT2D eigenvalue weighted by Gasteiger charge is -2.08. The molecule has 2 amide bonds. The van der Waals surface area contributed by atoms with E-state index in [1.165, 1.54) is 4.90 Å². The summed E-state index contributed by atoms with van der Waals surface area (Å²) in [4.78, 5) is 11.7. The maximum absolute atomic E-state index is 10.5. The lowest BCUT2D eigenvalue weighted by atomic mass is 10.7. The van der Waals surface area contributed by atoms with Gasteiger partial charge in [0, 0.05) is 20.6 Å². The third-order valence-electron chi connectivity index (χ3n) is 0.675. The first-order valence-electron chi connectivity index (χ1n) is 2.50. The fourth-order valence-electron chi connectivity index (χ4n) is 0.286. The minimum absolute atomic E-state index is 0.146. The van der Waals surface area contributed by atoms with Gasteiger partial charge in [0.2, 0.25) is 0 Å². The maximum atomic E-state index is 10.5. The van der Waals surface area contributed by atoms with Gasteiger partial charge in [-0.05, 0) is 6.92 Å². The third kappa shape index (κ3) is 2.44. The number of rotatable bonds is 1. The van der Waals surface area contributed by atoms with Crippen LogP contribution in [0, 0.1) is 7.05 Å². The molecule has 0 aromatic heterocycles. The Kier molecular flexibility index (Phi) is 2.99. The smallest absolute Gasteiger partial charge is 0.317 e. The van der Waals surface area contributed by atoms with Gasteiger partial charge in [0.05, 0.1) is 0 Å². The van der Waals surface area contributed by atoms with E-state index < -0.39 is 0 Å². The SMILES string of the molecule is [CH2]N(C)C(=O)NCC. The molecule has 0 saturated carbocycles. The molecule has 8 heavy (non-hydrogen) atoms. The molecule has 3 heteroatoms. The number of nitrogens with one attached hydrogen (secondary N) is 1. The molecule has 0 aromatic carbocycles. The molecule has 1 radical (unpaired) electrons. The topological polar surface area (TPSA) is 32.3 Å². The van der Waals surface area contributed by atoms with Gasteiger partial charge in [-0.1, -0.05) is 0 Å². The molecule has 0 bridgehead atoms. The number of carbonyl (C=O) groups is 1. The predicted octanol–water partition coefficient (Wildman–Crippen LogP) is 0.439. The molecule has 1 N–H and O–H groups in total. The summed E-state index contributed by atoms with van der Waals surface area (Å²) in [6.07, 6.45) is 0. The van der Waals surface area contributed by atoms with Crippen LogP contribution in [0.1, 0.15) is 6.92 Å². The van der Waals surface area contributed by atoms with Crippen molar-refractivity contribution in [2.24, 2.45) is 0 Å². The van der Waals surface area contributed by atoms with Gasteiger partial charge in [0.25, 0.3) is 0 Å². The Morgan fingerprint density at radius 3 is 2.50 bits per heavy atom. The normalized spacial score (nSPS) is 8.38. The van der Waals surface area contributed by atoms with Crippen molar-refractivity contribution in [1.82, 2.24) is 10.2 Å². The van der Waals surface area contributed by atoms with Gasteiger partial charge in [-0.2, -0.15) is 0 Å². The van der Waals surface area contributed by atoms with E-state index in [0.29, 0.717) is 6.54 Å². The van der Waals surface area contributed by atoms with E-state index in [1.807, 2.05) is 6.92 Å². The van der Waals surface area contributed by atoms with Crippen LogP contribution in [0.2, 0.25) is 0 Å². The Morgan fingerprint density at radius 2 is 2.38 bits per heavy atom. The van der Waals surface area contributed by atoms with Crippen LogP contribution in [-0.2, 0) is 0 Å². The molecule has 0 aliphatic heterocycles. The van der Waals surface area contributed by atoms with Crippen molar-refractivity contribution in [3.8, 4) is 0 Å². The highest BCUT2D eigenvalue weighted by Gasteiger charge is 1.97. The largest absolute Gasteiger partial charge is 0.338 e. The standard InChI is InChI=1S/C5H11N2O/c1-4-6-5(8)7(2)3/h2,4H2,1,3H3,(H,6,8). The number of nitrogens with zero attached hydrogens (tertiary/aromatic N) is 1. The Hall–Kier alpha value is -0.730. The maximum Gasteiger partial charge on any atom is 0.317 e. The van der Waals surface area contributed by atoms with Crippen molar-refractivity contribution in [3.05, 3.63) is 7.05 Å². The quantitative estimate of drug-likeness (QED) is 0.528. The summed E-state index contributed by atoms with van der Waals surface area (Å²) in [5.41, 5.74) is 0. The average molecular weight is 115 g/mol. The van der Waals surface area contributed by atoms with E-state index >= 15 is 0 Å². The lowest BCUT2D eigenvalue weighted by Crippen LogP contribution is -2.32. The van der Waals surface area contributed by atoms with Crippen molar-refractivity contribution in [3.63, 3.8) is 0 Å². The molecule has 3 nitrogen and oxygen atoms in total. The molecule has 0 unspecified atom stereocenters.